The van der Waals surface area contributed by atoms with Gasteiger partial charge in [0.15, 0.2) is 0 Å². The summed E-state index contributed by atoms with van der Waals surface area (Å²) in [6.45, 7) is 2.08. The standard InChI is InChI=1S/C11H16N2O/c1-2-3-4-10(14)7-9-8-13-6-5-11(9)12/h5-6,8H,2-4,7H2,1H3,(H2,12,13). The van der Waals surface area contributed by atoms with Crippen LogP contribution in [0.15, 0.2) is 18.5 Å². The molecule has 0 radical (unpaired) electrons. The van der Waals surface area contributed by atoms with Crippen LogP contribution >= 0.6 is 0 Å². The Morgan fingerprint density at radius 3 is 3.00 bits per heavy atom. The quantitative estimate of drug-likeness (QED) is 0.776. The van der Waals surface area contributed by atoms with Gasteiger partial charge >= 0.3 is 0 Å². The van der Waals surface area contributed by atoms with Crippen LogP contribution in [0.3, 0.4) is 0 Å². The Hall–Kier alpha value is -1.38. The molecule has 0 aliphatic carbocycles. The number of carbonyl (C=O) groups excluding carboxylic acids is 1. The van der Waals surface area contributed by atoms with E-state index < -0.39 is 0 Å². The molecule has 0 fully saturated rings. The lowest BCUT2D eigenvalue weighted by Gasteiger charge is -2.03. The highest BCUT2D eigenvalue weighted by Gasteiger charge is 2.05. The molecule has 0 unspecified atom stereocenters. The summed E-state index contributed by atoms with van der Waals surface area (Å²) in [4.78, 5) is 15.4. The van der Waals surface area contributed by atoms with E-state index in [1.807, 2.05) is 0 Å². The number of ketones is 1. The van der Waals surface area contributed by atoms with Crippen molar-refractivity contribution in [1.82, 2.24) is 4.98 Å². The van der Waals surface area contributed by atoms with Crippen molar-refractivity contribution in [2.45, 2.75) is 32.6 Å². The van der Waals surface area contributed by atoms with Gasteiger partial charge in [-0.1, -0.05) is 13.3 Å². The average Bonchev–Trinajstić information content (AvgIpc) is 2.18. The molecule has 0 amide bonds. The van der Waals surface area contributed by atoms with Gasteiger partial charge < -0.3 is 5.73 Å². The van der Waals surface area contributed by atoms with Crippen molar-refractivity contribution < 1.29 is 4.79 Å². The third kappa shape index (κ3) is 3.17. The van der Waals surface area contributed by atoms with E-state index in [-0.39, 0.29) is 5.78 Å². The van der Waals surface area contributed by atoms with Crippen LogP contribution in [0.5, 0.6) is 0 Å². The van der Waals surface area contributed by atoms with E-state index in [2.05, 4.69) is 11.9 Å². The van der Waals surface area contributed by atoms with Gasteiger partial charge in [0, 0.05) is 36.5 Å². The number of pyridine rings is 1. The van der Waals surface area contributed by atoms with E-state index in [1.165, 1.54) is 0 Å². The van der Waals surface area contributed by atoms with Crippen LogP contribution in [-0.4, -0.2) is 10.8 Å². The maximum atomic E-state index is 11.4. The van der Waals surface area contributed by atoms with Crippen LogP contribution in [0.2, 0.25) is 0 Å². The number of rotatable bonds is 5. The molecule has 3 nitrogen and oxygen atoms in total. The average molecular weight is 192 g/mol. The van der Waals surface area contributed by atoms with Gasteiger partial charge in [-0.05, 0) is 12.5 Å². The zero-order chi connectivity index (χ0) is 10.4. The molecular weight excluding hydrogens is 176 g/mol. The lowest BCUT2D eigenvalue weighted by atomic mass is 10.1. The fourth-order valence-corrected chi connectivity index (χ4v) is 1.26. The lowest BCUT2D eigenvalue weighted by Crippen LogP contribution is -2.05. The van der Waals surface area contributed by atoms with Crippen LogP contribution in [-0.2, 0) is 11.2 Å². The Bertz CT molecular complexity index is 310. The van der Waals surface area contributed by atoms with Gasteiger partial charge in [-0.3, -0.25) is 9.78 Å². The monoisotopic (exact) mass is 192 g/mol. The van der Waals surface area contributed by atoms with Gasteiger partial charge in [0.1, 0.15) is 5.78 Å². The molecule has 1 heterocycles. The molecular formula is C11H16N2O. The largest absolute Gasteiger partial charge is 0.398 e. The Balaban J connectivity index is 2.52. The summed E-state index contributed by atoms with van der Waals surface area (Å²) in [5.41, 5.74) is 7.20. The molecule has 2 N–H and O–H groups in total. The summed E-state index contributed by atoms with van der Waals surface area (Å²) in [5.74, 6) is 0.242. The first kappa shape index (κ1) is 10.7. The molecule has 0 aromatic carbocycles. The Morgan fingerprint density at radius 2 is 2.36 bits per heavy atom. The zero-order valence-electron chi connectivity index (χ0n) is 8.49. The first-order valence-corrected chi connectivity index (χ1v) is 4.94. The Morgan fingerprint density at radius 1 is 1.57 bits per heavy atom. The van der Waals surface area contributed by atoms with Gasteiger partial charge in [-0.15, -0.1) is 0 Å². The predicted octanol–water partition coefficient (Wildman–Crippen LogP) is 1.97. The maximum absolute atomic E-state index is 11.4. The molecule has 1 rings (SSSR count). The van der Waals surface area contributed by atoms with Crippen LogP contribution in [0.4, 0.5) is 5.69 Å². The van der Waals surface area contributed by atoms with Gasteiger partial charge in [0.05, 0.1) is 0 Å². The second-order valence-electron chi connectivity index (χ2n) is 3.39. The summed E-state index contributed by atoms with van der Waals surface area (Å²) < 4.78 is 0. The molecule has 3 heteroatoms. The Labute approximate surface area is 84.3 Å². The summed E-state index contributed by atoms with van der Waals surface area (Å²) in [5, 5.41) is 0. The number of anilines is 1. The zero-order valence-corrected chi connectivity index (χ0v) is 8.49. The number of unbranched alkanes of at least 4 members (excludes halogenated alkanes) is 1. The molecule has 0 aliphatic heterocycles. The van der Waals surface area contributed by atoms with Crippen LogP contribution < -0.4 is 5.73 Å². The number of carbonyl (C=O) groups is 1. The molecule has 76 valence electrons. The van der Waals surface area contributed by atoms with Crippen molar-refractivity contribution >= 4 is 11.5 Å². The SMILES string of the molecule is CCCCC(=O)Cc1cnccc1N. The van der Waals surface area contributed by atoms with Crippen molar-refractivity contribution in [1.29, 1.82) is 0 Å². The number of nitrogen functional groups attached to an aromatic ring is 1. The fourth-order valence-electron chi connectivity index (χ4n) is 1.26. The van der Waals surface area contributed by atoms with Crippen LogP contribution in [0.1, 0.15) is 31.7 Å². The van der Waals surface area contributed by atoms with E-state index in [1.54, 1.807) is 18.5 Å². The normalized spacial score (nSPS) is 10.1. The number of Topliss-reactive ketones (excluding diaryl/α,β-unsaturated/α-hetero) is 1. The number of hydrogen-bond acceptors (Lipinski definition) is 3. The third-order valence-electron chi connectivity index (χ3n) is 2.14. The number of hydrogen-bond donors (Lipinski definition) is 1. The molecule has 1 aromatic rings. The molecule has 0 saturated carbocycles. The van der Waals surface area contributed by atoms with E-state index >= 15 is 0 Å². The fraction of sp³-hybridized carbons (Fsp3) is 0.455. The third-order valence-corrected chi connectivity index (χ3v) is 2.14. The topological polar surface area (TPSA) is 56.0 Å². The first-order chi connectivity index (χ1) is 6.74. The molecule has 0 spiro atoms. The molecule has 0 saturated heterocycles. The van der Waals surface area contributed by atoms with E-state index in [0.717, 1.165) is 18.4 Å². The highest BCUT2D eigenvalue weighted by molar-refractivity contribution is 5.82. The number of nitrogens with two attached hydrogens (primary N) is 1. The number of nitrogens with zero attached hydrogens (tertiary/aromatic N) is 1. The minimum absolute atomic E-state index is 0.242. The van der Waals surface area contributed by atoms with Crippen molar-refractivity contribution in [3.05, 3.63) is 24.0 Å². The van der Waals surface area contributed by atoms with Gasteiger partial charge in [0.2, 0.25) is 0 Å². The van der Waals surface area contributed by atoms with Crippen molar-refractivity contribution in [3.8, 4) is 0 Å². The van der Waals surface area contributed by atoms with Crippen molar-refractivity contribution in [2.75, 3.05) is 5.73 Å². The molecule has 0 aliphatic rings. The van der Waals surface area contributed by atoms with E-state index in [0.29, 0.717) is 18.5 Å². The smallest absolute Gasteiger partial charge is 0.137 e. The van der Waals surface area contributed by atoms with Crippen molar-refractivity contribution in [3.63, 3.8) is 0 Å². The summed E-state index contributed by atoms with van der Waals surface area (Å²) in [6.07, 6.45) is 6.37. The second kappa shape index (κ2) is 5.37. The van der Waals surface area contributed by atoms with Crippen LogP contribution in [0.25, 0.3) is 0 Å². The molecule has 14 heavy (non-hydrogen) atoms. The minimum atomic E-state index is 0.242. The van der Waals surface area contributed by atoms with Crippen molar-refractivity contribution in [2.24, 2.45) is 0 Å². The number of aromatic nitrogens is 1. The van der Waals surface area contributed by atoms with E-state index in [4.69, 9.17) is 5.73 Å². The molecule has 0 atom stereocenters. The summed E-state index contributed by atoms with van der Waals surface area (Å²) >= 11 is 0. The highest BCUT2D eigenvalue weighted by Crippen LogP contribution is 2.11. The van der Waals surface area contributed by atoms with Gasteiger partial charge in [-0.25, -0.2) is 0 Å². The first-order valence-electron chi connectivity index (χ1n) is 4.94. The molecule has 1 aromatic heterocycles. The maximum Gasteiger partial charge on any atom is 0.137 e. The minimum Gasteiger partial charge on any atom is -0.398 e. The summed E-state index contributed by atoms with van der Waals surface area (Å²) in [6, 6.07) is 1.72. The summed E-state index contributed by atoms with van der Waals surface area (Å²) in [7, 11) is 0. The van der Waals surface area contributed by atoms with Crippen LogP contribution in [0, 0.1) is 0 Å². The second-order valence-corrected chi connectivity index (χ2v) is 3.39. The van der Waals surface area contributed by atoms with E-state index in [9.17, 15) is 4.79 Å². The molecule has 0 bridgehead atoms. The van der Waals surface area contributed by atoms with Gasteiger partial charge in [0.25, 0.3) is 0 Å². The lowest BCUT2D eigenvalue weighted by molar-refractivity contribution is -0.118. The highest BCUT2D eigenvalue weighted by atomic mass is 16.1. The predicted molar refractivity (Wildman–Crippen MR) is 56.9 cm³/mol. The van der Waals surface area contributed by atoms with Gasteiger partial charge in [-0.2, -0.15) is 0 Å². The Kier molecular flexibility index (Phi) is 4.11.